The average molecular weight is 322 g/mol. The summed E-state index contributed by atoms with van der Waals surface area (Å²) in [6.07, 6.45) is 3.97. The van der Waals surface area contributed by atoms with Gasteiger partial charge in [0.05, 0.1) is 0 Å². The van der Waals surface area contributed by atoms with E-state index in [1.807, 2.05) is 12.1 Å². The molecule has 0 radical (unpaired) electrons. The number of rotatable bonds is 4. The van der Waals surface area contributed by atoms with Crippen molar-refractivity contribution in [2.24, 2.45) is 0 Å². The molecular formula is C18H28ClN3. The van der Waals surface area contributed by atoms with E-state index in [1.54, 1.807) is 0 Å². The largest absolute Gasteiger partial charge is 0.369 e. The molecule has 122 valence electrons. The molecule has 0 N–H and O–H groups in total. The normalized spacial score (nSPS) is 22.2. The molecule has 0 amide bonds. The number of benzene rings is 1. The molecule has 0 saturated carbocycles. The molecule has 0 atom stereocenters. The standard InChI is InChI=1S/C18H28ClN3/c1-2-8-20-9-6-17(7-10-20)21-11-13-22(14-12-21)18-5-3-4-16(19)15-18/h3-5,15,17H,2,6-14H2,1H3. The predicted molar refractivity (Wildman–Crippen MR) is 95.0 cm³/mol. The highest BCUT2D eigenvalue weighted by molar-refractivity contribution is 6.30. The van der Waals surface area contributed by atoms with Crippen molar-refractivity contribution in [3.8, 4) is 0 Å². The molecule has 2 saturated heterocycles. The van der Waals surface area contributed by atoms with E-state index in [9.17, 15) is 0 Å². The van der Waals surface area contributed by atoms with Gasteiger partial charge in [0, 0.05) is 42.9 Å². The van der Waals surface area contributed by atoms with Gasteiger partial charge in [0.1, 0.15) is 0 Å². The fraction of sp³-hybridized carbons (Fsp3) is 0.667. The van der Waals surface area contributed by atoms with Crippen LogP contribution in [-0.4, -0.2) is 61.7 Å². The summed E-state index contributed by atoms with van der Waals surface area (Å²) in [6.45, 7) is 10.7. The van der Waals surface area contributed by atoms with E-state index in [-0.39, 0.29) is 0 Å². The lowest BCUT2D eigenvalue weighted by Crippen LogP contribution is -2.53. The summed E-state index contributed by atoms with van der Waals surface area (Å²) in [4.78, 5) is 7.80. The van der Waals surface area contributed by atoms with E-state index in [2.05, 4.69) is 33.8 Å². The van der Waals surface area contributed by atoms with Crippen molar-refractivity contribution in [1.29, 1.82) is 0 Å². The Morgan fingerprint density at radius 3 is 2.41 bits per heavy atom. The minimum Gasteiger partial charge on any atom is -0.369 e. The zero-order valence-electron chi connectivity index (χ0n) is 13.7. The van der Waals surface area contributed by atoms with Crippen LogP contribution in [0.15, 0.2) is 24.3 Å². The Hall–Kier alpha value is -0.770. The average Bonchev–Trinajstić information content (AvgIpc) is 2.56. The van der Waals surface area contributed by atoms with Crippen LogP contribution in [0.4, 0.5) is 5.69 Å². The summed E-state index contributed by atoms with van der Waals surface area (Å²) in [5.41, 5.74) is 1.27. The number of halogens is 1. The first-order chi connectivity index (χ1) is 10.8. The van der Waals surface area contributed by atoms with Crippen molar-refractivity contribution in [1.82, 2.24) is 9.80 Å². The summed E-state index contributed by atoms with van der Waals surface area (Å²) in [7, 11) is 0. The fourth-order valence-electron chi connectivity index (χ4n) is 3.84. The molecule has 2 fully saturated rings. The number of likely N-dealkylation sites (tertiary alicyclic amines) is 1. The van der Waals surface area contributed by atoms with Crippen molar-refractivity contribution in [3.05, 3.63) is 29.3 Å². The van der Waals surface area contributed by atoms with Gasteiger partial charge in [-0.05, 0) is 57.1 Å². The van der Waals surface area contributed by atoms with Gasteiger partial charge in [0.15, 0.2) is 0 Å². The summed E-state index contributed by atoms with van der Waals surface area (Å²) in [5, 5.41) is 0.836. The van der Waals surface area contributed by atoms with Crippen LogP contribution < -0.4 is 4.90 Å². The van der Waals surface area contributed by atoms with E-state index in [0.29, 0.717) is 0 Å². The van der Waals surface area contributed by atoms with Gasteiger partial charge in [-0.1, -0.05) is 24.6 Å². The number of anilines is 1. The van der Waals surface area contributed by atoms with Crippen LogP contribution in [0.5, 0.6) is 0 Å². The van der Waals surface area contributed by atoms with Crippen LogP contribution in [0.25, 0.3) is 0 Å². The van der Waals surface area contributed by atoms with Gasteiger partial charge >= 0.3 is 0 Å². The fourth-order valence-corrected chi connectivity index (χ4v) is 4.03. The molecule has 4 heteroatoms. The van der Waals surface area contributed by atoms with Gasteiger partial charge in [0.25, 0.3) is 0 Å². The van der Waals surface area contributed by atoms with E-state index in [1.165, 1.54) is 57.7 Å². The predicted octanol–water partition coefficient (Wildman–Crippen LogP) is 3.34. The summed E-state index contributed by atoms with van der Waals surface area (Å²) < 4.78 is 0. The van der Waals surface area contributed by atoms with Gasteiger partial charge in [0.2, 0.25) is 0 Å². The number of hydrogen-bond acceptors (Lipinski definition) is 3. The van der Waals surface area contributed by atoms with Crippen molar-refractivity contribution < 1.29 is 0 Å². The molecule has 2 aliphatic heterocycles. The highest BCUT2D eigenvalue weighted by Gasteiger charge is 2.27. The van der Waals surface area contributed by atoms with E-state index >= 15 is 0 Å². The van der Waals surface area contributed by atoms with Crippen LogP contribution in [0.3, 0.4) is 0 Å². The molecule has 3 nitrogen and oxygen atoms in total. The number of hydrogen-bond donors (Lipinski definition) is 0. The molecule has 1 aromatic carbocycles. The third-order valence-corrected chi connectivity index (χ3v) is 5.34. The maximum absolute atomic E-state index is 6.11. The zero-order valence-corrected chi connectivity index (χ0v) is 14.4. The van der Waals surface area contributed by atoms with Crippen molar-refractivity contribution in [3.63, 3.8) is 0 Å². The van der Waals surface area contributed by atoms with Crippen LogP contribution >= 0.6 is 11.6 Å². The maximum Gasteiger partial charge on any atom is 0.0426 e. The van der Waals surface area contributed by atoms with Gasteiger partial charge < -0.3 is 9.80 Å². The van der Waals surface area contributed by atoms with Crippen molar-refractivity contribution >= 4 is 17.3 Å². The second-order valence-electron chi connectivity index (χ2n) is 6.58. The number of nitrogens with zero attached hydrogens (tertiary/aromatic N) is 3. The Kier molecular flexibility index (Phi) is 5.61. The SMILES string of the molecule is CCCN1CCC(N2CCN(c3cccc(Cl)c3)CC2)CC1. The third kappa shape index (κ3) is 3.95. The van der Waals surface area contributed by atoms with Crippen molar-refractivity contribution in [2.45, 2.75) is 32.2 Å². The van der Waals surface area contributed by atoms with E-state index in [4.69, 9.17) is 11.6 Å². The summed E-state index contributed by atoms with van der Waals surface area (Å²) in [6, 6.07) is 9.05. The Bertz CT molecular complexity index is 463. The van der Waals surface area contributed by atoms with Gasteiger partial charge in [-0.25, -0.2) is 0 Å². The first-order valence-electron chi connectivity index (χ1n) is 8.73. The molecule has 1 aromatic rings. The maximum atomic E-state index is 6.11. The van der Waals surface area contributed by atoms with Crippen LogP contribution in [-0.2, 0) is 0 Å². The van der Waals surface area contributed by atoms with Crippen molar-refractivity contribution in [2.75, 3.05) is 50.7 Å². The lowest BCUT2D eigenvalue weighted by Gasteiger charge is -2.43. The van der Waals surface area contributed by atoms with Gasteiger partial charge in [-0.2, -0.15) is 0 Å². The first-order valence-corrected chi connectivity index (χ1v) is 9.11. The topological polar surface area (TPSA) is 9.72 Å². The second kappa shape index (κ2) is 7.67. The molecule has 2 aliphatic rings. The lowest BCUT2D eigenvalue weighted by molar-refractivity contribution is 0.103. The van der Waals surface area contributed by atoms with Crippen LogP contribution in [0.2, 0.25) is 5.02 Å². The zero-order chi connectivity index (χ0) is 15.4. The lowest BCUT2D eigenvalue weighted by atomic mass is 10.0. The third-order valence-electron chi connectivity index (χ3n) is 5.10. The molecule has 0 aliphatic carbocycles. The Labute approximate surface area is 139 Å². The minimum absolute atomic E-state index is 0.801. The molecule has 0 unspecified atom stereocenters. The number of piperazine rings is 1. The quantitative estimate of drug-likeness (QED) is 0.842. The second-order valence-corrected chi connectivity index (χ2v) is 7.01. The summed E-state index contributed by atoms with van der Waals surface area (Å²) in [5.74, 6) is 0. The molecular weight excluding hydrogens is 294 g/mol. The number of piperidine rings is 1. The van der Waals surface area contributed by atoms with Crippen LogP contribution in [0.1, 0.15) is 26.2 Å². The smallest absolute Gasteiger partial charge is 0.0426 e. The van der Waals surface area contributed by atoms with Gasteiger partial charge in [-0.15, -0.1) is 0 Å². The highest BCUT2D eigenvalue weighted by atomic mass is 35.5. The molecule has 0 aromatic heterocycles. The first kappa shape index (κ1) is 16.1. The summed E-state index contributed by atoms with van der Waals surface area (Å²) >= 11 is 6.11. The Morgan fingerprint density at radius 1 is 1.05 bits per heavy atom. The molecule has 0 bridgehead atoms. The minimum atomic E-state index is 0.801. The Morgan fingerprint density at radius 2 is 1.77 bits per heavy atom. The molecule has 3 rings (SSSR count). The molecule has 22 heavy (non-hydrogen) atoms. The molecule has 0 spiro atoms. The van der Waals surface area contributed by atoms with E-state index in [0.717, 1.165) is 24.2 Å². The molecule has 2 heterocycles. The Balaban J connectivity index is 1.48. The van der Waals surface area contributed by atoms with Crippen LogP contribution in [0, 0.1) is 0 Å². The monoisotopic (exact) mass is 321 g/mol. The van der Waals surface area contributed by atoms with E-state index < -0.39 is 0 Å². The highest BCUT2D eigenvalue weighted by Crippen LogP contribution is 2.23. The van der Waals surface area contributed by atoms with Gasteiger partial charge in [-0.3, -0.25) is 4.90 Å².